The highest BCUT2D eigenvalue weighted by atomic mass is 16.3. The Bertz CT molecular complexity index is 117. The first-order valence-electron chi connectivity index (χ1n) is 4.55. The maximum atomic E-state index is 10.0. The number of piperidine rings is 1. The van der Waals surface area contributed by atoms with E-state index in [2.05, 4.69) is 19.2 Å². The largest absolute Gasteiger partial charge is 0.390 e. The van der Waals surface area contributed by atoms with Gasteiger partial charge >= 0.3 is 0 Å². The number of nitrogens with one attached hydrogen (secondary N) is 1. The number of hydrogen-bond donors (Lipinski definition) is 2. The molecule has 0 aromatic carbocycles. The summed E-state index contributed by atoms with van der Waals surface area (Å²) >= 11 is 0. The average molecular weight is 157 g/mol. The van der Waals surface area contributed by atoms with Gasteiger partial charge < -0.3 is 10.4 Å². The van der Waals surface area contributed by atoms with E-state index >= 15 is 0 Å². The van der Waals surface area contributed by atoms with Gasteiger partial charge in [0.25, 0.3) is 0 Å². The van der Waals surface area contributed by atoms with Gasteiger partial charge in [-0.2, -0.15) is 0 Å². The number of hydrogen-bond acceptors (Lipinski definition) is 2. The van der Waals surface area contributed by atoms with Crippen LogP contribution in [-0.2, 0) is 0 Å². The smallest absolute Gasteiger partial charge is 0.0674 e. The average Bonchev–Trinajstić information content (AvgIpc) is 1.85. The number of aliphatic hydroxyl groups is 1. The summed E-state index contributed by atoms with van der Waals surface area (Å²) in [6.07, 6.45) is 2.80. The van der Waals surface area contributed by atoms with E-state index in [1.807, 2.05) is 0 Å². The molecule has 1 heterocycles. The van der Waals surface area contributed by atoms with Crippen molar-refractivity contribution in [1.82, 2.24) is 5.32 Å². The van der Waals surface area contributed by atoms with E-state index in [0.29, 0.717) is 5.92 Å². The summed E-state index contributed by atoms with van der Waals surface area (Å²) in [6, 6.07) is 0. The molecule has 0 bridgehead atoms. The van der Waals surface area contributed by atoms with Crippen molar-refractivity contribution in [3.63, 3.8) is 0 Å². The zero-order chi connectivity index (χ0) is 8.32. The molecule has 0 aromatic heterocycles. The lowest BCUT2D eigenvalue weighted by molar-refractivity contribution is -0.00786. The van der Waals surface area contributed by atoms with Crippen molar-refractivity contribution in [3.05, 3.63) is 0 Å². The van der Waals surface area contributed by atoms with Crippen LogP contribution in [0.15, 0.2) is 0 Å². The monoisotopic (exact) mass is 157 g/mol. The van der Waals surface area contributed by atoms with Crippen molar-refractivity contribution in [1.29, 1.82) is 0 Å². The van der Waals surface area contributed by atoms with Gasteiger partial charge in [0.1, 0.15) is 0 Å². The first kappa shape index (κ1) is 9.01. The molecule has 1 fully saturated rings. The zero-order valence-electron chi connectivity index (χ0n) is 7.56. The normalized spacial score (nSPS) is 24.0. The van der Waals surface area contributed by atoms with E-state index in [1.54, 1.807) is 0 Å². The predicted molar refractivity (Wildman–Crippen MR) is 46.5 cm³/mol. The van der Waals surface area contributed by atoms with Crippen molar-refractivity contribution in [2.75, 3.05) is 13.1 Å². The van der Waals surface area contributed by atoms with Crippen LogP contribution in [0, 0.1) is 5.92 Å². The first-order chi connectivity index (χ1) is 5.12. The van der Waals surface area contributed by atoms with E-state index < -0.39 is 0 Å². The highest BCUT2D eigenvalue weighted by Crippen LogP contribution is 2.25. The fourth-order valence-corrected chi connectivity index (χ4v) is 1.86. The van der Waals surface area contributed by atoms with Gasteiger partial charge in [0.2, 0.25) is 0 Å². The topological polar surface area (TPSA) is 32.3 Å². The third-order valence-corrected chi connectivity index (χ3v) is 2.32. The Balaban J connectivity index is 2.37. The summed E-state index contributed by atoms with van der Waals surface area (Å²) in [6.45, 7) is 6.28. The standard InChI is InChI=1S/C9H19NO/c1-8(2)7-9(11)3-5-10-6-4-9/h8,10-11H,3-7H2,1-2H3. The summed E-state index contributed by atoms with van der Waals surface area (Å²) in [4.78, 5) is 0. The Hall–Kier alpha value is -0.0800. The van der Waals surface area contributed by atoms with Crippen molar-refractivity contribution >= 4 is 0 Å². The molecule has 2 heteroatoms. The van der Waals surface area contributed by atoms with Gasteiger partial charge in [-0.15, -0.1) is 0 Å². The third kappa shape index (κ3) is 2.80. The van der Waals surface area contributed by atoms with E-state index in [-0.39, 0.29) is 5.60 Å². The molecule has 0 unspecified atom stereocenters. The third-order valence-electron chi connectivity index (χ3n) is 2.32. The summed E-state index contributed by atoms with van der Waals surface area (Å²) in [7, 11) is 0. The quantitative estimate of drug-likeness (QED) is 0.630. The summed E-state index contributed by atoms with van der Waals surface area (Å²) in [5.74, 6) is 0.609. The minimum absolute atomic E-state index is 0.362. The van der Waals surface area contributed by atoms with Gasteiger partial charge in [0, 0.05) is 0 Å². The van der Waals surface area contributed by atoms with Crippen LogP contribution in [-0.4, -0.2) is 23.8 Å². The summed E-state index contributed by atoms with van der Waals surface area (Å²) in [5, 5.41) is 13.3. The second-order valence-electron chi connectivity index (χ2n) is 4.07. The van der Waals surface area contributed by atoms with Crippen LogP contribution in [0.4, 0.5) is 0 Å². The van der Waals surface area contributed by atoms with E-state index in [1.165, 1.54) is 0 Å². The lowest BCUT2D eigenvalue weighted by atomic mass is 9.85. The van der Waals surface area contributed by atoms with E-state index in [9.17, 15) is 5.11 Å². The zero-order valence-corrected chi connectivity index (χ0v) is 7.56. The molecular weight excluding hydrogens is 138 g/mol. The lowest BCUT2D eigenvalue weighted by Gasteiger charge is -2.33. The molecule has 1 rings (SSSR count). The van der Waals surface area contributed by atoms with Crippen molar-refractivity contribution < 1.29 is 5.11 Å². The Kier molecular flexibility index (Phi) is 2.90. The molecule has 0 amide bonds. The second-order valence-corrected chi connectivity index (χ2v) is 4.07. The molecule has 0 spiro atoms. The molecule has 66 valence electrons. The van der Waals surface area contributed by atoms with Crippen LogP contribution in [0.3, 0.4) is 0 Å². The lowest BCUT2D eigenvalue weighted by Crippen LogP contribution is -2.42. The van der Waals surface area contributed by atoms with Crippen LogP contribution in [0.2, 0.25) is 0 Å². The van der Waals surface area contributed by atoms with Crippen molar-refractivity contribution in [3.8, 4) is 0 Å². The molecule has 1 aliphatic heterocycles. The molecule has 0 saturated carbocycles. The Morgan fingerprint density at radius 3 is 2.36 bits per heavy atom. The van der Waals surface area contributed by atoms with Gasteiger partial charge in [0.15, 0.2) is 0 Å². The molecule has 0 aliphatic carbocycles. The molecule has 1 saturated heterocycles. The van der Waals surface area contributed by atoms with Crippen LogP contribution in [0.1, 0.15) is 33.1 Å². The van der Waals surface area contributed by atoms with Crippen LogP contribution in [0.25, 0.3) is 0 Å². The van der Waals surface area contributed by atoms with Gasteiger partial charge in [-0.1, -0.05) is 13.8 Å². The van der Waals surface area contributed by atoms with Crippen LogP contribution < -0.4 is 5.32 Å². The summed E-state index contributed by atoms with van der Waals surface area (Å²) < 4.78 is 0. The molecule has 2 nitrogen and oxygen atoms in total. The van der Waals surface area contributed by atoms with Gasteiger partial charge in [-0.05, 0) is 38.3 Å². The highest BCUT2D eigenvalue weighted by Gasteiger charge is 2.29. The minimum atomic E-state index is -0.362. The van der Waals surface area contributed by atoms with Crippen molar-refractivity contribution in [2.24, 2.45) is 5.92 Å². The Labute approximate surface area is 69.0 Å². The molecule has 0 radical (unpaired) electrons. The van der Waals surface area contributed by atoms with E-state index in [4.69, 9.17) is 0 Å². The molecule has 0 aromatic rings. The molecule has 2 N–H and O–H groups in total. The maximum Gasteiger partial charge on any atom is 0.0674 e. The van der Waals surface area contributed by atoms with Crippen LogP contribution >= 0.6 is 0 Å². The van der Waals surface area contributed by atoms with Gasteiger partial charge in [0.05, 0.1) is 5.60 Å². The SMILES string of the molecule is CC(C)CC1(O)CCNCC1. The minimum Gasteiger partial charge on any atom is -0.390 e. The fourth-order valence-electron chi connectivity index (χ4n) is 1.86. The predicted octanol–water partition coefficient (Wildman–Crippen LogP) is 1.15. The van der Waals surface area contributed by atoms with Crippen molar-refractivity contribution in [2.45, 2.75) is 38.7 Å². The second kappa shape index (κ2) is 3.55. The molecule has 0 atom stereocenters. The molecular formula is C9H19NO. The van der Waals surface area contributed by atoms with Gasteiger partial charge in [-0.3, -0.25) is 0 Å². The molecule has 11 heavy (non-hydrogen) atoms. The first-order valence-corrected chi connectivity index (χ1v) is 4.55. The van der Waals surface area contributed by atoms with E-state index in [0.717, 1.165) is 32.4 Å². The number of rotatable bonds is 2. The summed E-state index contributed by atoms with van der Waals surface area (Å²) in [5.41, 5.74) is -0.362. The maximum absolute atomic E-state index is 10.0. The van der Waals surface area contributed by atoms with Crippen LogP contribution in [0.5, 0.6) is 0 Å². The Morgan fingerprint density at radius 1 is 1.36 bits per heavy atom. The van der Waals surface area contributed by atoms with Gasteiger partial charge in [-0.25, -0.2) is 0 Å². The Morgan fingerprint density at radius 2 is 1.91 bits per heavy atom. The fraction of sp³-hybridized carbons (Fsp3) is 1.00. The molecule has 1 aliphatic rings. The highest BCUT2D eigenvalue weighted by molar-refractivity contribution is 4.84.